The van der Waals surface area contributed by atoms with Crippen LogP contribution in [0.3, 0.4) is 0 Å². The van der Waals surface area contributed by atoms with E-state index in [1.165, 1.54) is 0 Å². The number of nitrogens with zero attached hydrogens (tertiary/aromatic N) is 3. The van der Waals surface area contributed by atoms with Gasteiger partial charge in [-0.2, -0.15) is 5.26 Å². The topological polar surface area (TPSA) is 47.3 Å². The van der Waals surface area contributed by atoms with Crippen LogP contribution in [0.5, 0.6) is 0 Å². The van der Waals surface area contributed by atoms with Crippen molar-refractivity contribution in [3.8, 4) is 6.07 Å². The summed E-state index contributed by atoms with van der Waals surface area (Å²) in [4.78, 5) is 16.6. The van der Waals surface area contributed by atoms with Gasteiger partial charge in [-0.25, -0.2) is 0 Å². The van der Waals surface area contributed by atoms with Gasteiger partial charge in [0.25, 0.3) is 5.91 Å². The summed E-state index contributed by atoms with van der Waals surface area (Å²) in [5, 5.41) is 9.89. The Bertz CT molecular complexity index is 770. The number of hydrogen-bond acceptors (Lipinski definition) is 3. The van der Waals surface area contributed by atoms with E-state index in [0.717, 1.165) is 30.8 Å². The summed E-state index contributed by atoms with van der Waals surface area (Å²) < 4.78 is 0. The number of halogens is 1. The Morgan fingerprint density at radius 3 is 2.58 bits per heavy atom. The number of hydrogen-bond donors (Lipinski definition) is 0. The van der Waals surface area contributed by atoms with Crippen molar-refractivity contribution in [2.75, 3.05) is 31.1 Å². The molecule has 1 heterocycles. The van der Waals surface area contributed by atoms with Crippen LogP contribution in [-0.2, 0) is 0 Å². The number of anilines is 1. The van der Waals surface area contributed by atoms with Gasteiger partial charge in [-0.15, -0.1) is 0 Å². The van der Waals surface area contributed by atoms with Gasteiger partial charge in [0.15, 0.2) is 0 Å². The second-order valence-electron chi connectivity index (χ2n) is 5.77. The standard InChI is InChI=1S/C19H18ClN3O/c20-17-7-8-18(16(13-17)14-21)22-9-4-10-23(12-11-22)19(24)15-5-2-1-3-6-15/h1-3,5-8,13H,4,9-12H2. The lowest BCUT2D eigenvalue weighted by Gasteiger charge is -2.24. The maximum absolute atomic E-state index is 12.6. The molecule has 0 saturated carbocycles. The molecule has 2 aromatic rings. The lowest BCUT2D eigenvalue weighted by atomic mass is 10.1. The van der Waals surface area contributed by atoms with Gasteiger partial charge in [0.05, 0.1) is 11.3 Å². The number of amides is 1. The van der Waals surface area contributed by atoms with E-state index in [1.54, 1.807) is 12.1 Å². The van der Waals surface area contributed by atoms with Crippen LogP contribution in [0.2, 0.25) is 5.02 Å². The average molecular weight is 340 g/mol. The molecule has 0 atom stereocenters. The van der Waals surface area contributed by atoms with Crippen LogP contribution >= 0.6 is 11.6 Å². The Kier molecular flexibility index (Phi) is 5.02. The minimum absolute atomic E-state index is 0.0639. The predicted octanol–water partition coefficient (Wildman–Crippen LogP) is 3.56. The van der Waals surface area contributed by atoms with Gasteiger partial charge >= 0.3 is 0 Å². The quantitative estimate of drug-likeness (QED) is 0.840. The second-order valence-corrected chi connectivity index (χ2v) is 6.21. The summed E-state index contributed by atoms with van der Waals surface area (Å²) in [7, 11) is 0. The first-order valence-corrected chi connectivity index (χ1v) is 8.36. The van der Waals surface area contributed by atoms with Crippen molar-refractivity contribution in [2.45, 2.75) is 6.42 Å². The Morgan fingerprint density at radius 2 is 1.83 bits per heavy atom. The number of benzene rings is 2. The van der Waals surface area contributed by atoms with Crippen molar-refractivity contribution < 1.29 is 4.79 Å². The zero-order chi connectivity index (χ0) is 16.9. The van der Waals surface area contributed by atoms with Crippen LogP contribution in [0.4, 0.5) is 5.69 Å². The van der Waals surface area contributed by atoms with Crippen molar-refractivity contribution in [2.24, 2.45) is 0 Å². The van der Waals surface area contributed by atoms with Crippen LogP contribution in [0.15, 0.2) is 48.5 Å². The van der Waals surface area contributed by atoms with E-state index in [9.17, 15) is 10.1 Å². The molecule has 1 amide bonds. The molecule has 24 heavy (non-hydrogen) atoms. The minimum atomic E-state index is 0.0639. The third kappa shape index (κ3) is 3.52. The summed E-state index contributed by atoms with van der Waals surface area (Å²) >= 11 is 5.98. The summed E-state index contributed by atoms with van der Waals surface area (Å²) in [5.74, 6) is 0.0639. The summed E-state index contributed by atoms with van der Waals surface area (Å²) in [6.45, 7) is 2.88. The fourth-order valence-corrected chi connectivity index (χ4v) is 3.17. The maximum atomic E-state index is 12.6. The van der Waals surface area contributed by atoms with E-state index < -0.39 is 0 Å². The van der Waals surface area contributed by atoms with Gasteiger partial charge in [-0.05, 0) is 36.8 Å². The van der Waals surface area contributed by atoms with Gasteiger partial charge in [0.1, 0.15) is 6.07 Å². The fraction of sp³-hybridized carbons (Fsp3) is 0.263. The largest absolute Gasteiger partial charge is 0.369 e. The molecule has 2 aromatic carbocycles. The van der Waals surface area contributed by atoms with Crippen molar-refractivity contribution in [1.29, 1.82) is 5.26 Å². The molecule has 5 heteroatoms. The molecule has 0 radical (unpaired) electrons. The van der Waals surface area contributed by atoms with Crippen molar-refractivity contribution >= 4 is 23.2 Å². The molecule has 4 nitrogen and oxygen atoms in total. The molecule has 0 aliphatic carbocycles. The van der Waals surface area contributed by atoms with Crippen LogP contribution in [0.1, 0.15) is 22.3 Å². The van der Waals surface area contributed by atoms with E-state index in [4.69, 9.17) is 11.6 Å². The normalized spacial score (nSPS) is 14.8. The van der Waals surface area contributed by atoms with E-state index in [-0.39, 0.29) is 5.91 Å². The summed E-state index contributed by atoms with van der Waals surface area (Å²) in [5.41, 5.74) is 2.18. The summed E-state index contributed by atoms with van der Waals surface area (Å²) in [6, 6.07) is 16.9. The first-order chi connectivity index (χ1) is 11.7. The zero-order valence-corrected chi connectivity index (χ0v) is 14.0. The SMILES string of the molecule is N#Cc1cc(Cl)ccc1N1CCCN(C(=O)c2ccccc2)CC1. The molecule has 1 fully saturated rings. The smallest absolute Gasteiger partial charge is 0.253 e. The van der Waals surface area contributed by atoms with Crippen molar-refractivity contribution in [3.05, 3.63) is 64.7 Å². The Labute approximate surface area is 146 Å². The van der Waals surface area contributed by atoms with Crippen molar-refractivity contribution in [1.82, 2.24) is 4.90 Å². The lowest BCUT2D eigenvalue weighted by Crippen LogP contribution is -2.35. The third-order valence-electron chi connectivity index (χ3n) is 4.22. The number of carbonyl (C=O) groups is 1. The third-order valence-corrected chi connectivity index (χ3v) is 4.46. The molecular formula is C19H18ClN3O. The molecule has 0 bridgehead atoms. The predicted molar refractivity (Wildman–Crippen MR) is 95.3 cm³/mol. The van der Waals surface area contributed by atoms with Gasteiger partial charge in [-0.1, -0.05) is 29.8 Å². The van der Waals surface area contributed by atoms with E-state index >= 15 is 0 Å². The first kappa shape index (κ1) is 16.4. The number of nitriles is 1. The van der Waals surface area contributed by atoms with Crippen LogP contribution in [-0.4, -0.2) is 37.0 Å². The molecular weight excluding hydrogens is 322 g/mol. The molecule has 0 aromatic heterocycles. The number of carbonyl (C=O) groups excluding carboxylic acids is 1. The fourth-order valence-electron chi connectivity index (χ4n) is 3.00. The van der Waals surface area contributed by atoms with Crippen molar-refractivity contribution in [3.63, 3.8) is 0 Å². The highest BCUT2D eigenvalue weighted by atomic mass is 35.5. The first-order valence-electron chi connectivity index (χ1n) is 7.98. The van der Waals surface area contributed by atoms with Gasteiger partial charge < -0.3 is 9.80 Å². The van der Waals surface area contributed by atoms with Crippen LogP contribution in [0, 0.1) is 11.3 Å². The van der Waals surface area contributed by atoms with E-state index in [0.29, 0.717) is 23.7 Å². The highest BCUT2D eigenvalue weighted by Gasteiger charge is 2.21. The van der Waals surface area contributed by atoms with Gasteiger partial charge in [-0.3, -0.25) is 4.79 Å². The monoisotopic (exact) mass is 339 g/mol. The molecule has 0 spiro atoms. The number of rotatable bonds is 2. The van der Waals surface area contributed by atoms with Crippen LogP contribution in [0.25, 0.3) is 0 Å². The second kappa shape index (κ2) is 7.37. The Hall–Kier alpha value is -2.51. The Balaban J connectivity index is 1.74. The van der Waals surface area contributed by atoms with E-state index in [2.05, 4.69) is 11.0 Å². The Morgan fingerprint density at radius 1 is 1.04 bits per heavy atom. The van der Waals surface area contributed by atoms with E-state index in [1.807, 2.05) is 41.3 Å². The molecule has 3 rings (SSSR count). The average Bonchev–Trinajstić information content (AvgIpc) is 2.88. The molecule has 122 valence electrons. The molecule has 0 N–H and O–H groups in total. The molecule has 1 saturated heterocycles. The van der Waals surface area contributed by atoms with Crippen LogP contribution < -0.4 is 4.90 Å². The molecule has 1 aliphatic rings. The van der Waals surface area contributed by atoms with Gasteiger partial charge in [0.2, 0.25) is 0 Å². The minimum Gasteiger partial charge on any atom is -0.369 e. The maximum Gasteiger partial charge on any atom is 0.253 e. The molecule has 0 unspecified atom stereocenters. The lowest BCUT2D eigenvalue weighted by molar-refractivity contribution is 0.0767. The highest BCUT2D eigenvalue weighted by molar-refractivity contribution is 6.30. The van der Waals surface area contributed by atoms with Gasteiger partial charge in [0, 0.05) is 36.8 Å². The highest BCUT2D eigenvalue weighted by Crippen LogP contribution is 2.25. The molecule has 1 aliphatic heterocycles. The zero-order valence-electron chi connectivity index (χ0n) is 13.3. The summed E-state index contributed by atoms with van der Waals surface area (Å²) in [6.07, 6.45) is 0.867.